The molecule has 10 heteroatoms. The minimum absolute atomic E-state index is 0.0479. The van der Waals surface area contributed by atoms with Crippen LogP contribution in [0, 0.1) is 10.1 Å². The van der Waals surface area contributed by atoms with Crippen LogP contribution >= 0.6 is 0 Å². The summed E-state index contributed by atoms with van der Waals surface area (Å²) >= 11 is 0. The second kappa shape index (κ2) is 7.91. The average Bonchev–Trinajstić information content (AvgIpc) is 3.01. The lowest BCUT2D eigenvalue weighted by Crippen LogP contribution is -2.43. The van der Waals surface area contributed by atoms with E-state index in [0.29, 0.717) is 17.5 Å². The highest BCUT2D eigenvalue weighted by atomic mass is 16.6. The van der Waals surface area contributed by atoms with Crippen molar-refractivity contribution in [2.45, 2.75) is 31.7 Å². The Bertz CT molecular complexity index is 763. The van der Waals surface area contributed by atoms with Crippen molar-refractivity contribution in [3.8, 4) is 0 Å². The van der Waals surface area contributed by atoms with E-state index >= 15 is 0 Å². The fourth-order valence-corrected chi connectivity index (χ4v) is 2.91. The van der Waals surface area contributed by atoms with Crippen LogP contribution in [0.5, 0.6) is 0 Å². The molecule has 1 aromatic rings. The van der Waals surface area contributed by atoms with Gasteiger partial charge in [0.05, 0.1) is 24.5 Å². The third-order valence-corrected chi connectivity index (χ3v) is 4.16. The van der Waals surface area contributed by atoms with Crippen molar-refractivity contribution in [2.75, 3.05) is 18.6 Å². The summed E-state index contributed by atoms with van der Waals surface area (Å²) in [6.45, 7) is 0.237. The molecule has 1 atom stereocenters. The number of nitro benzene ring substituents is 1. The Balaban J connectivity index is 2.33. The molecule has 2 amide bonds. The number of primary amides is 1. The lowest BCUT2D eigenvalue weighted by molar-refractivity contribution is -0.384. The number of rotatable bonds is 7. The number of hydrogen-bond acceptors (Lipinski definition) is 7. The zero-order valence-corrected chi connectivity index (χ0v) is 14.3. The van der Waals surface area contributed by atoms with E-state index in [2.05, 4.69) is 4.74 Å². The Morgan fingerprint density at radius 3 is 2.65 bits per heavy atom. The number of nitro groups is 1. The van der Waals surface area contributed by atoms with Gasteiger partial charge in [-0.1, -0.05) is 6.07 Å². The third-order valence-electron chi connectivity index (χ3n) is 4.16. The summed E-state index contributed by atoms with van der Waals surface area (Å²) < 4.78 is 4.58. The maximum atomic E-state index is 12.6. The van der Waals surface area contributed by atoms with Crippen LogP contribution in [0.3, 0.4) is 0 Å². The van der Waals surface area contributed by atoms with Crippen LogP contribution in [0.1, 0.15) is 24.0 Å². The Kier molecular flexibility index (Phi) is 5.88. The number of ether oxygens (including phenoxy) is 1. The van der Waals surface area contributed by atoms with Crippen LogP contribution in [-0.2, 0) is 32.0 Å². The number of nitrogens with zero attached hydrogens (tertiary/aromatic N) is 2. The number of anilines is 1. The van der Waals surface area contributed by atoms with E-state index < -0.39 is 28.7 Å². The summed E-state index contributed by atoms with van der Waals surface area (Å²) in [6.07, 6.45) is 0.318. The number of esters is 1. The van der Waals surface area contributed by atoms with Crippen LogP contribution in [0.2, 0.25) is 0 Å². The van der Waals surface area contributed by atoms with Gasteiger partial charge >= 0.3 is 5.97 Å². The van der Waals surface area contributed by atoms with Crippen molar-refractivity contribution in [3.05, 3.63) is 33.4 Å². The Morgan fingerprint density at radius 1 is 1.38 bits per heavy atom. The molecule has 0 spiro atoms. The van der Waals surface area contributed by atoms with Gasteiger partial charge in [-0.15, -0.1) is 0 Å². The van der Waals surface area contributed by atoms with Gasteiger partial charge in [0.2, 0.25) is 11.8 Å². The van der Waals surface area contributed by atoms with Crippen molar-refractivity contribution in [3.63, 3.8) is 0 Å². The smallest absolute Gasteiger partial charge is 0.309 e. The van der Waals surface area contributed by atoms with E-state index in [1.807, 2.05) is 0 Å². The van der Waals surface area contributed by atoms with E-state index in [4.69, 9.17) is 11.5 Å². The summed E-state index contributed by atoms with van der Waals surface area (Å²) in [7, 11) is 1.23. The van der Waals surface area contributed by atoms with Crippen LogP contribution in [0.25, 0.3) is 0 Å². The summed E-state index contributed by atoms with van der Waals surface area (Å²) in [5.41, 5.74) is 11.8. The molecule has 0 fully saturated rings. The lowest BCUT2D eigenvalue weighted by Gasteiger charge is -2.21. The molecule has 1 aliphatic rings. The maximum Gasteiger partial charge on any atom is 0.309 e. The van der Waals surface area contributed by atoms with E-state index in [0.717, 1.165) is 0 Å². The van der Waals surface area contributed by atoms with E-state index in [9.17, 15) is 24.5 Å². The molecule has 1 heterocycles. The first-order valence-corrected chi connectivity index (χ1v) is 7.96. The molecule has 140 valence electrons. The first-order valence-electron chi connectivity index (χ1n) is 7.96. The Labute approximate surface area is 149 Å². The number of methoxy groups -OCH3 is 1. The standard InChI is InChI=1S/C16H20N4O6/c1-26-14(22)8-9-6-10-4-5-19(15(10)12(7-9)20(24)25)16(23)11(17)2-3-13(18)21/h6-7,11H,2-5,8,17H2,1H3,(H2,18,21)/t11-/m0/s1. The molecule has 0 bridgehead atoms. The molecular formula is C16H20N4O6. The van der Waals surface area contributed by atoms with Crippen molar-refractivity contribution in [1.29, 1.82) is 0 Å². The van der Waals surface area contributed by atoms with Crippen molar-refractivity contribution in [2.24, 2.45) is 11.5 Å². The largest absolute Gasteiger partial charge is 0.469 e. The predicted molar refractivity (Wildman–Crippen MR) is 91.3 cm³/mol. The normalized spacial score (nSPS) is 13.8. The summed E-state index contributed by atoms with van der Waals surface area (Å²) in [4.78, 5) is 47.0. The molecule has 0 saturated carbocycles. The molecule has 2 rings (SSSR count). The van der Waals surface area contributed by atoms with Gasteiger partial charge in [-0.25, -0.2) is 0 Å². The molecule has 0 saturated heterocycles. The molecular weight excluding hydrogens is 344 g/mol. The number of carbonyl (C=O) groups is 3. The molecule has 0 aromatic heterocycles. The third kappa shape index (κ3) is 4.14. The Morgan fingerprint density at radius 2 is 2.08 bits per heavy atom. The zero-order valence-electron chi connectivity index (χ0n) is 14.3. The van der Waals surface area contributed by atoms with E-state index in [1.165, 1.54) is 18.1 Å². The van der Waals surface area contributed by atoms with Gasteiger partial charge in [-0.3, -0.25) is 24.5 Å². The van der Waals surface area contributed by atoms with Gasteiger partial charge in [0.1, 0.15) is 5.69 Å². The minimum Gasteiger partial charge on any atom is -0.469 e. The maximum absolute atomic E-state index is 12.6. The van der Waals surface area contributed by atoms with Gasteiger partial charge in [0, 0.05) is 19.0 Å². The zero-order chi connectivity index (χ0) is 19.4. The number of carbonyl (C=O) groups excluding carboxylic acids is 3. The minimum atomic E-state index is -0.984. The van der Waals surface area contributed by atoms with Crippen LogP contribution in [-0.4, -0.2) is 42.4 Å². The van der Waals surface area contributed by atoms with E-state index in [1.54, 1.807) is 6.07 Å². The molecule has 1 aliphatic heterocycles. The van der Waals surface area contributed by atoms with Gasteiger partial charge in [-0.05, 0) is 24.0 Å². The van der Waals surface area contributed by atoms with E-state index in [-0.39, 0.29) is 37.2 Å². The monoisotopic (exact) mass is 364 g/mol. The predicted octanol–water partition coefficient (Wildman–Crippen LogP) is -0.208. The fraction of sp³-hybridized carbons (Fsp3) is 0.438. The van der Waals surface area contributed by atoms with Gasteiger partial charge in [-0.2, -0.15) is 0 Å². The number of hydrogen-bond donors (Lipinski definition) is 2. The van der Waals surface area contributed by atoms with Crippen molar-refractivity contribution in [1.82, 2.24) is 0 Å². The number of nitrogens with two attached hydrogens (primary N) is 2. The van der Waals surface area contributed by atoms with Gasteiger partial charge in [0.15, 0.2) is 0 Å². The van der Waals surface area contributed by atoms with Gasteiger partial charge < -0.3 is 21.1 Å². The summed E-state index contributed by atoms with van der Waals surface area (Å²) in [5, 5.41) is 11.5. The SMILES string of the molecule is COC(=O)Cc1cc2c(c([N+](=O)[O-])c1)N(C(=O)[C@@H](N)CCC(N)=O)CC2. The molecule has 10 nitrogen and oxygen atoms in total. The topological polar surface area (TPSA) is 159 Å². The molecule has 4 N–H and O–H groups in total. The molecule has 26 heavy (non-hydrogen) atoms. The van der Waals surface area contributed by atoms with Crippen LogP contribution in [0.15, 0.2) is 12.1 Å². The first kappa shape index (κ1) is 19.3. The Hall–Kier alpha value is -3.01. The van der Waals surface area contributed by atoms with Crippen molar-refractivity contribution >= 4 is 29.2 Å². The highest BCUT2D eigenvalue weighted by Gasteiger charge is 2.35. The van der Waals surface area contributed by atoms with Crippen LogP contribution in [0.4, 0.5) is 11.4 Å². The summed E-state index contributed by atoms with van der Waals surface area (Å²) in [5.74, 6) is -1.60. The average molecular weight is 364 g/mol. The quantitative estimate of drug-likeness (QED) is 0.385. The van der Waals surface area contributed by atoms with Crippen LogP contribution < -0.4 is 16.4 Å². The molecule has 0 radical (unpaired) electrons. The fourth-order valence-electron chi connectivity index (χ4n) is 2.91. The number of fused-ring (bicyclic) bond motifs is 1. The van der Waals surface area contributed by atoms with Crippen molar-refractivity contribution < 1.29 is 24.0 Å². The molecule has 0 unspecified atom stereocenters. The number of benzene rings is 1. The second-order valence-corrected chi connectivity index (χ2v) is 5.98. The molecule has 0 aliphatic carbocycles. The highest BCUT2D eigenvalue weighted by molar-refractivity contribution is 6.01. The lowest BCUT2D eigenvalue weighted by atomic mass is 10.0. The second-order valence-electron chi connectivity index (χ2n) is 5.98. The summed E-state index contributed by atoms with van der Waals surface area (Å²) in [6, 6.07) is 1.93. The molecule has 1 aromatic carbocycles. The highest BCUT2D eigenvalue weighted by Crippen LogP contribution is 2.38. The van der Waals surface area contributed by atoms with Gasteiger partial charge in [0.25, 0.3) is 5.69 Å². The first-order chi connectivity index (χ1) is 12.2. The number of amides is 2.